The maximum absolute atomic E-state index is 12.3. The van der Waals surface area contributed by atoms with E-state index >= 15 is 0 Å². The van der Waals surface area contributed by atoms with Crippen molar-refractivity contribution in [3.05, 3.63) is 63.1 Å². The number of aromatic carboxylic acids is 1. The lowest BCUT2D eigenvalue weighted by molar-refractivity contribution is 0.0692. The second-order valence-corrected chi connectivity index (χ2v) is 5.14. The first-order valence-electron chi connectivity index (χ1n) is 6.00. The van der Waals surface area contributed by atoms with Gasteiger partial charge in [0.2, 0.25) is 0 Å². The Bertz CT molecular complexity index is 729. The second kappa shape index (κ2) is 6.16. The Kier molecular flexibility index (Phi) is 4.50. The Morgan fingerprint density at radius 2 is 1.67 bits per heavy atom. The first-order chi connectivity index (χ1) is 9.91. The van der Waals surface area contributed by atoms with E-state index in [1.165, 1.54) is 12.1 Å². The van der Waals surface area contributed by atoms with Crippen LogP contribution in [0.5, 0.6) is 0 Å². The van der Waals surface area contributed by atoms with E-state index in [1.54, 1.807) is 31.2 Å². The summed E-state index contributed by atoms with van der Waals surface area (Å²) in [6.45, 7) is 1.78. The minimum Gasteiger partial charge on any atom is -0.478 e. The molecule has 2 aromatic carbocycles. The van der Waals surface area contributed by atoms with Gasteiger partial charge in [-0.1, -0.05) is 41.4 Å². The molecule has 0 aliphatic heterocycles. The van der Waals surface area contributed by atoms with Crippen LogP contribution in [0, 0.1) is 6.92 Å². The van der Waals surface area contributed by atoms with E-state index in [1.807, 2.05) is 0 Å². The lowest BCUT2D eigenvalue weighted by Gasteiger charge is -2.12. The summed E-state index contributed by atoms with van der Waals surface area (Å²) < 4.78 is 0. The number of carboxylic acids is 1. The van der Waals surface area contributed by atoms with Crippen LogP contribution in [0.4, 0.5) is 5.69 Å². The number of amides is 1. The molecule has 2 rings (SSSR count). The van der Waals surface area contributed by atoms with Gasteiger partial charge in [-0.15, -0.1) is 0 Å². The van der Waals surface area contributed by atoms with Gasteiger partial charge in [-0.05, 0) is 30.7 Å². The summed E-state index contributed by atoms with van der Waals surface area (Å²) in [5, 5.41) is 12.3. The highest BCUT2D eigenvalue weighted by Crippen LogP contribution is 2.33. The minimum absolute atomic E-state index is 0.0404. The molecule has 0 fully saturated rings. The number of hydrogen-bond donors (Lipinski definition) is 2. The van der Waals surface area contributed by atoms with E-state index in [2.05, 4.69) is 5.32 Å². The van der Waals surface area contributed by atoms with Gasteiger partial charge in [0.15, 0.2) is 0 Å². The van der Waals surface area contributed by atoms with Gasteiger partial charge >= 0.3 is 5.97 Å². The first kappa shape index (κ1) is 15.4. The number of carboxylic acid groups (broad SMARTS) is 1. The Hall–Kier alpha value is -2.04. The Morgan fingerprint density at radius 3 is 2.29 bits per heavy atom. The van der Waals surface area contributed by atoms with Crippen LogP contribution in [-0.4, -0.2) is 17.0 Å². The molecule has 0 aliphatic carbocycles. The average Bonchev–Trinajstić information content (AvgIpc) is 2.47. The summed E-state index contributed by atoms with van der Waals surface area (Å²) in [4.78, 5) is 23.4. The molecule has 2 aromatic rings. The van der Waals surface area contributed by atoms with Crippen molar-refractivity contribution < 1.29 is 14.7 Å². The predicted octanol–water partition coefficient (Wildman–Crippen LogP) is 4.25. The summed E-state index contributed by atoms with van der Waals surface area (Å²) in [6, 6.07) is 9.26. The third kappa shape index (κ3) is 3.17. The van der Waals surface area contributed by atoms with Crippen molar-refractivity contribution in [2.75, 3.05) is 5.32 Å². The van der Waals surface area contributed by atoms with Crippen LogP contribution in [0.1, 0.15) is 26.3 Å². The molecule has 21 heavy (non-hydrogen) atoms. The van der Waals surface area contributed by atoms with E-state index in [4.69, 9.17) is 28.3 Å². The van der Waals surface area contributed by atoms with E-state index in [9.17, 15) is 9.59 Å². The molecule has 0 radical (unpaired) electrons. The highest BCUT2D eigenvalue weighted by Gasteiger charge is 2.18. The molecule has 0 atom stereocenters. The zero-order valence-electron chi connectivity index (χ0n) is 11.0. The quantitative estimate of drug-likeness (QED) is 0.887. The van der Waals surface area contributed by atoms with Crippen molar-refractivity contribution in [2.24, 2.45) is 0 Å². The highest BCUT2D eigenvalue weighted by atomic mass is 35.5. The predicted molar refractivity (Wildman–Crippen MR) is 82.6 cm³/mol. The van der Waals surface area contributed by atoms with Crippen molar-refractivity contribution in [1.82, 2.24) is 0 Å². The summed E-state index contributed by atoms with van der Waals surface area (Å²) in [5.41, 5.74) is 0.972. The number of benzene rings is 2. The molecule has 0 saturated heterocycles. The van der Waals surface area contributed by atoms with Gasteiger partial charge < -0.3 is 10.4 Å². The van der Waals surface area contributed by atoms with Crippen LogP contribution in [0.3, 0.4) is 0 Å². The third-order valence-electron chi connectivity index (χ3n) is 2.92. The van der Waals surface area contributed by atoms with Crippen LogP contribution < -0.4 is 5.32 Å². The molecule has 6 heteroatoms. The molecule has 0 aromatic heterocycles. The summed E-state index contributed by atoms with van der Waals surface area (Å²) in [5.74, 6) is -1.76. The lowest BCUT2D eigenvalue weighted by Crippen LogP contribution is -2.17. The van der Waals surface area contributed by atoms with Gasteiger partial charge in [-0.2, -0.15) is 0 Å². The summed E-state index contributed by atoms with van der Waals surface area (Å²) >= 11 is 12.1. The highest BCUT2D eigenvalue weighted by molar-refractivity contribution is 6.40. The van der Waals surface area contributed by atoms with Crippen LogP contribution in [0.2, 0.25) is 10.0 Å². The fourth-order valence-corrected chi connectivity index (χ4v) is 2.28. The van der Waals surface area contributed by atoms with Crippen LogP contribution in [0.15, 0.2) is 36.4 Å². The SMILES string of the molecule is Cc1ccc(Cl)c(NC(=O)c2ccccc2C(=O)O)c1Cl. The van der Waals surface area contributed by atoms with Crippen molar-refractivity contribution in [3.63, 3.8) is 0 Å². The standard InChI is InChI=1S/C15H11Cl2NO3/c1-8-6-7-11(16)13(12(8)17)18-14(19)9-4-2-3-5-10(9)15(20)21/h2-7H,1H3,(H,18,19)(H,20,21). The number of rotatable bonds is 3. The number of anilines is 1. The molecule has 0 bridgehead atoms. The average molecular weight is 324 g/mol. The normalized spacial score (nSPS) is 10.2. The second-order valence-electron chi connectivity index (χ2n) is 4.36. The van der Waals surface area contributed by atoms with Crippen LogP contribution >= 0.6 is 23.2 Å². The van der Waals surface area contributed by atoms with Crippen LogP contribution in [-0.2, 0) is 0 Å². The number of hydrogen-bond acceptors (Lipinski definition) is 2. The lowest BCUT2D eigenvalue weighted by atomic mass is 10.1. The number of aryl methyl sites for hydroxylation is 1. The molecule has 4 nitrogen and oxygen atoms in total. The van der Waals surface area contributed by atoms with Gasteiger partial charge in [-0.3, -0.25) is 4.79 Å². The van der Waals surface area contributed by atoms with Gasteiger partial charge in [-0.25, -0.2) is 4.79 Å². The molecule has 108 valence electrons. The monoisotopic (exact) mass is 323 g/mol. The Balaban J connectivity index is 2.40. The zero-order chi connectivity index (χ0) is 15.6. The molecule has 0 spiro atoms. The van der Waals surface area contributed by atoms with E-state index < -0.39 is 11.9 Å². The van der Waals surface area contributed by atoms with E-state index in [-0.39, 0.29) is 21.8 Å². The molecule has 0 heterocycles. The van der Waals surface area contributed by atoms with Gasteiger partial charge in [0.05, 0.1) is 26.9 Å². The van der Waals surface area contributed by atoms with Crippen molar-refractivity contribution >= 4 is 40.8 Å². The number of carbonyl (C=O) groups excluding carboxylic acids is 1. The molecule has 0 unspecified atom stereocenters. The molecule has 1 amide bonds. The van der Waals surface area contributed by atoms with Gasteiger partial charge in [0.1, 0.15) is 0 Å². The van der Waals surface area contributed by atoms with E-state index in [0.717, 1.165) is 5.56 Å². The first-order valence-corrected chi connectivity index (χ1v) is 6.75. The molecule has 0 aliphatic rings. The summed E-state index contributed by atoms with van der Waals surface area (Å²) in [7, 11) is 0. The molecular weight excluding hydrogens is 313 g/mol. The fourth-order valence-electron chi connectivity index (χ4n) is 1.82. The molecular formula is C15H11Cl2NO3. The third-order valence-corrected chi connectivity index (χ3v) is 3.73. The van der Waals surface area contributed by atoms with Gasteiger partial charge in [0, 0.05) is 0 Å². The Morgan fingerprint density at radius 1 is 1.05 bits per heavy atom. The van der Waals surface area contributed by atoms with Crippen LogP contribution in [0.25, 0.3) is 0 Å². The maximum Gasteiger partial charge on any atom is 0.336 e. The number of carbonyl (C=O) groups is 2. The molecule has 0 saturated carbocycles. The van der Waals surface area contributed by atoms with Crippen molar-refractivity contribution in [3.8, 4) is 0 Å². The largest absolute Gasteiger partial charge is 0.478 e. The van der Waals surface area contributed by atoms with Crippen molar-refractivity contribution in [2.45, 2.75) is 6.92 Å². The number of halogens is 2. The summed E-state index contributed by atoms with van der Waals surface area (Å²) in [6.07, 6.45) is 0. The zero-order valence-corrected chi connectivity index (χ0v) is 12.5. The smallest absolute Gasteiger partial charge is 0.336 e. The number of nitrogens with one attached hydrogen (secondary N) is 1. The topological polar surface area (TPSA) is 66.4 Å². The minimum atomic E-state index is -1.18. The molecule has 2 N–H and O–H groups in total. The van der Waals surface area contributed by atoms with Gasteiger partial charge in [0.25, 0.3) is 5.91 Å². The van der Waals surface area contributed by atoms with Crippen molar-refractivity contribution in [1.29, 1.82) is 0 Å². The Labute approximate surface area is 131 Å². The van der Waals surface area contributed by atoms with E-state index in [0.29, 0.717) is 5.02 Å². The fraction of sp³-hybridized carbons (Fsp3) is 0.0667. The maximum atomic E-state index is 12.3.